The van der Waals surface area contributed by atoms with E-state index in [4.69, 9.17) is 4.74 Å². The standard InChI is InChI=1S/C29H28N2O5/c32-27(33)17-31(16-19-8-2-1-3-9-19)28(34)25-14-20(25)15-30-29(35)36-18-26-23-12-6-4-10-21(23)22-11-5-7-13-24(22)26/h1-13,20,25-26H,14-18H2,(H,30,35)(H,32,33). The molecule has 3 aromatic rings. The molecule has 0 heterocycles. The molecule has 5 rings (SSSR count). The molecule has 7 nitrogen and oxygen atoms in total. The van der Waals surface area contributed by atoms with Crippen molar-refractivity contribution in [3.63, 3.8) is 0 Å². The van der Waals surface area contributed by atoms with Crippen LogP contribution in [0.15, 0.2) is 78.9 Å². The summed E-state index contributed by atoms with van der Waals surface area (Å²) in [5, 5.41) is 12.0. The number of ether oxygens (including phenoxy) is 1. The van der Waals surface area contributed by atoms with Gasteiger partial charge in [-0.15, -0.1) is 0 Å². The Kier molecular flexibility index (Phi) is 6.71. The van der Waals surface area contributed by atoms with Gasteiger partial charge >= 0.3 is 12.1 Å². The molecule has 0 aromatic heterocycles. The van der Waals surface area contributed by atoms with Crippen molar-refractivity contribution < 1.29 is 24.2 Å². The summed E-state index contributed by atoms with van der Waals surface area (Å²) >= 11 is 0. The second kappa shape index (κ2) is 10.2. The number of fused-ring (bicyclic) bond motifs is 3. The number of carbonyl (C=O) groups is 3. The number of rotatable bonds is 9. The molecule has 2 unspecified atom stereocenters. The maximum Gasteiger partial charge on any atom is 0.407 e. The smallest absolute Gasteiger partial charge is 0.407 e. The van der Waals surface area contributed by atoms with Crippen LogP contribution in [0.3, 0.4) is 0 Å². The summed E-state index contributed by atoms with van der Waals surface area (Å²) in [6.45, 7) is 0.446. The molecule has 36 heavy (non-hydrogen) atoms. The maximum absolute atomic E-state index is 13.0. The highest BCUT2D eigenvalue weighted by atomic mass is 16.5. The van der Waals surface area contributed by atoms with Gasteiger partial charge in [0.15, 0.2) is 0 Å². The predicted molar refractivity (Wildman–Crippen MR) is 134 cm³/mol. The number of hydrogen-bond donors (Lipinski definition) is 2. The Morgan fingerprint density at radius 3 is 2.14 bits per heavy atom. The molecular formula is C29H28N2O5. The monoisotopic (exact) mass is 484 g/mol. The molecule has 1 fully saturated rings. The van der Waals surface area contributed by atoms with Crippen LogP contribution in [0.5, 0.6) is 0 Å². The fourth-order valence-corrected chi connectivity index (χ4v) is 5.05. The molecule has 0 aliphatic heterocycles. The summed E-state index contributed by atoms with van der Waals surface area (Å²) in [6, 6.07) is 25.6. The van der Waals surface area contributed by atoms with Crippen molar-refractivity contribution in [2.24, 2.45) is 11.8 Å². The minimum atomic E-state index is -1.05. The molecule has 1 saturated carbocycles. The van der Waals surface area contributed by atoms with Crippen molar-refractivity contribution in [3.8, 4) is 11.1 Å². The van der Waals surface area contributed by atoms with Crippen LogP contribution < -0.4 is 5.32 Å². The number of nitrogens with one attached hydrogen (secondary N) is 1. The SMILES string of the molecule is O=C(O)CN(Cc1ccccc1)C(=O)C1CC1CNC(=O)OCC1c2ccccc2-c2ccccc21. The minimum absolute atomic E-state index is 0.0130. The van der Waals surface area contributed by atoms with Gasteiger partial charge in [-0.1, -0.05) is 78.9 Å². The predicted octanol–water partition coefficient (Wildman–Crippen LogP) is 4.27. The third-order valence-corrected chi connectivity index (χ3v) is 6.95. The first-order chi connectivity index (χ1) is 17.5. The van der Waals surface area contributed by atoms with Gasteiger partial charge < -0.3 is 20.1 Å². The van der Waals surface area contributed by atoms with Gasteiger partial charge in [0.05, 0.1) is 0 Å². The van der Waals surface area contributed by atoms with Gasteiger partial charge in [-0.05, 0) is 40.2 Å². The fourth-order valence-electron chi connectivity index (χ4n) is 5.05. The average molecular weight is 485 g/mol. The largest absolute Gasteiger partial charge is 0.480 e. The van der Waals surface area contributed by atoms with Gasteiger partial charge in [-0.2, -0.15) is 0 Å². The lowest BCUT2D eigenvalue weighted by Crippen LogP contribution is -2.37. The lowest BCUT2D eigenvalue weighted by molar-refractivity contribution is -0.145. The second-order valence-electron chi connectivity index (χ2n) is 9.38. The number of alkyl carbamates (subject to hydrolysis) is 1. The summed E-state index contributed by atoms with van der Waals surface area (Å²) in [5.41, 5.74) is 5.51. The number of aliphatic carboxylic acids is 1. The first-order valence-electron chi connectivity index (χ1n) is 12.1. The molecule has 0 radical (unpaired) electrons. The zero-order chi connectivity index (χ0) is 25.1. The van der Waals surface area contributed by atoms with Crippen LogP contribution in [0.25, 0.3) is 11.1 Å². The number of carboxylic acids is 1. The van der Waals surface area contributed by atoms with Gasteiger partial charge in [0.25, 0.3) is 0 Å². The third-order valence-electron chi connectivity index (χ3n) is 6.95. The van der Waals surface area contributed by atoms with Crippen molar-refractivity contribution in [1.29, 1.82) is 0 Å². The Morgan fingerprint density at radius 2 is 1.50 bits per heavy atom. The molecule has 2 N–H and O–H groups in total. The van der Waals surface area contributed by atoms with Crippen LogP contribution in [0.1, 0.15) is 29.0 Å². The minimum Gasteiger partial charge on any atom is -0.480 e. The lowest BCUT2D eigenvalue weighted by atomic mass is 9.98. The Balaban J connectivity index is 1.12. The Hall–Kier alpha value is -4.13. The highest BCUT2D eigenvalue weighted by molar-refractivity contribution is 5.85. The molecule has 0 saturated heterocycles. The number of carboxylic acid groups (broad SMARTS) is 1. The van der Waals surface area contributed by atoms with E-state index in [1.807, 2.05) is 54.6 Å². The van der Waals surface area contributed by atoms with Gasteiger partial charge in [0, 0.05) is 24.9 Å². The molecule has 184 valence electrons. The first kappa shape index (κ1) is 23.6. The summed E-state index contributed by atoms with van der Waals surface area (Å²) in [6.07, 6.45) is 0.106. The molecule has 0 spiro atoms. The van der Waals surface area contributed by atoms with Crippen molar-refractivity contribution in [2.45, 2.75) is 18.9 Å². The van der Waals surface area contributed by atoms with Gasteiger partial charge in [-0.25, -0.2) is 4.79 Å². The summed E-state index contributed by atoms with van der Waals surface area (Å²) in [7, 11) is 0. The van der Waals surface area contributed by atoms with Crippen LogP contribution in [-0.4, -0.2) is 47.7 Å². The second-order valence-corrected chi connectivity index (χ2v) is 9.38. The van der Waals surface area contributed by atoms with E-state index < -0.39 is 12.1 Å². The van der Waals surface area contributed by atoms with Crippen molar-refractivity contribution >= 4 is 18.0 Å². The van der Waals surface area contributed by atoms with Crippen LogP contribution >= 0.6 is 0 Å². The molecule has 2 aliphatic carbocycles. The molecule has 0 bridgehead atoms. The topological polar surface area (TPSA) is 95.9 Å². The van der Waals surface area contributed by atoms with Crippen LogP contribution in [0.2, 0.25) is 0 Å². The van der Waals surface area contributed by atoms with Crippen LogP contribution in [-0.2, 0) is 20.9 Å². The first-order valence-corrected chi connectivity index (χ1v) is 12.1. The van der Waals surface area contributed by atoms with E-state index in [2.05, 4.69) is 29.6 Å². The highest BCUT2D eigenvalue weighted by Gasteiger charge is 2.45. The van der Waals surface area contributed by atoms with Gasteiger partial charge in [0.1, 0.15) is 13.2 Å². The normalized spacial score (nSPS) is 17.6. The molecule has 2 atom stereocenters. The Morgan fingerprint density at radius 1 is 0.889 bits per heavy atom. The van der Waals surface area contributed by atoms with E-state index in [0.717, 1.165) is 16.7 Å². The van der Waals surface area contributed by atoms with Crippen LogP contribution in [0.4, 0.5) is 4.79 Å². The molecule has 2 amide bonds. The van der Waals surface area contributed by atoms with E-state index in [-0.39, 0.29) is 43.4 Å². The van der Waals surface area contributed by atoms with Crippen LogP contribution in [0, 0.1) is 11.8 Å². The van der Waals surface area contributed by atoms with Gasteiger partial charge in [0.2, 0.25) is 5.91 Å². The number of nitrogens with zero attached hydrogens (tertiary/aromatic N) is 1. The summed E-state index contributed by atoms with van der Waals surface area (Å²) in [4.78, 5) is 38.1. The molecular weight excluding hydrogens is 456 g/mol. The highest BCUT2D eigenvalue weighted by Crippen LogP contribution is 2.44. The average Bonchev–Trinajstić information content (AvgIpc) is 3.60. The molecule has 3 aromatic carbocycles. The Bertz CT molecular complexity index is 1230. The van der Waals surface area contributed by atoms with Gasteiger partial charge in [-0.3, -0.25) is 9.59 Å². The number of hydrogen-bond acceptors (Lipinski definition) is 4. The maximum atomic E-state index is 13.0. The number of carbonyl (C=O) groups excluding carboxylic acids is 2. The molecule has 2 aliphatic rings. The van der Waals surface area contributed by atoms with E-state index in [1.54, 1.807) is 0 Å². The number of benzene rings is 3. The Labute approximate surface area is 209 Å². The zero-order valence-corrected chi connectivity index (χ0v) is 19.8. The van der Waals surface area contributed by atoms with E-state index in [9.17, 15) is 19.5 Å². The third kappa shape index (κ3) is 5.10. The van der Waals surface area contributed by atoms with Crippen molar-refractivity contribution in [2.75, 3.05) is 19.7 Å². The fraction of sp³-hybridized carbons (Fsp3) is 0.276. The quantitative estimate of drug-likeness (QED) is 0.473. The number of amides is 2. The van der Waals surface area contributed by atoms with Crippen molar-refractivity contribution in [3.05, 3.63) is 95.6 Å². The summed E-state index contributed by atoms with van der Waals surface area (Å²) < 4.78 is 5.57. The van der Waals surface area contributed by atoms with Crippen molar-refractivity contribution in [1.82, 2.24) is 10.2 Å². The molecule has 7 heteroatoms. The van der Waals surface area contributed by atoms with E-state index >= 15 is 0 Å². The lowest BCUT2D eigenvalue weighted by Gasteiger charge is -2.21. The zero-order valence-electron chi connectivity index (χ0n) is 19.8. The van der Waals surface area contributed by atoms with E-state index in [0.29, 0.717) is 13.0 Å². The summed E-state index contributed by atoms with van der Waals surface area (Å²) in [5.74, 6) is -1.57. The van der Waals surface area contributed by atoms with E-state index in [1.165, 1.54) is 16.0 Å².